The summed E-state index contributed by atoms with van der Waals surface area (Å²) in [6, 6.07) is 17.9. The number of likely N-dealkylation sites (tertiary alicyclic amines) is 1. The van der Waals surface area contributed by atoms with Gasteiger partial charge in [0.25, 0.3) is 5.91 Å². The number of hydrogen-bond donors (Lipinski definition) is 1. The molecule has 1 atom stereocenters. The third kappa shape index (κ3) is 3.95. The lowest BCUT2D eigenvalue weighted by molar-refractivity contribution is 0.0634. The Labute approximate surface area is 194 Å². The minimum atomic E-state index is -0.445. The summed E-state index contributed by atoms with van der Waals surface area (Å²) in [7, 11) is 1.99. The molecule has 1 fully saturated rings. The van der Waals surface area contributed by atoms with Gasteiger partial charge in [0, 0.05) is 43.7 Å². The van der Waals surface area contributed by atoms with Crippen molar-refractivity contribution in [3.63, 3.8) is 0 Å². The number of carbonyl (C=O) groups excluding carboxylic acids is 1. The molecule has 0 bridgehead atoms. The number of hydrogen-bond acceptors (Lipinski definition) is 6. The van der Waals surface area contributed by atoms with Gasteiger partial charge >= 0.3 is 0 Å². The second kappa shape index (κ2) is 8.65. The molecule has 1 aromatic heterocycles. The number of nitrogens with zero attached hydrogens (tertiary/aromatic N) is 5. The first-order valence-corrected chi connectivity index (χ1v) is 11.3. The maximum Gasteiger partial charge on any atom is 0.253 e. The minimum absolute atomic E-state index is 0.0966. The van der Waals surface area contributed by atoms with E-state index >= 15 is 0 Å². The van der Waals surface area contributed by atoms with Crippen molar-refractivity contribution < 1.29 is 4.79 Å². The van der Waals surface area contributed by atoms with Crippen LogP contribution in [-0.4, -0.2) is 58.3 Å². The normalized spacial score (nSPS) is 21.2. The number of amides is 1. The van der Waals surface area contributed by atoms with Crippen molar-refractivity contribution in [2.75, 3.05) is 26.7 Å². The van der Waals surface area contributed by atoms with Crippen molar-refractivity contribution >= 4 is 11.9 Å². The molecule has 1 amide bonds. The lowest BCUT2D eigenvalue weighted by Gasteiger charge is -2.41. The molecule has 2 aliphatic heterocycles. The van der Waals surface area contributed by atoms with Gasteiger partial charge < -0.3 is 15.5 Å². The number of aromatic nitrogens is 2. The molecule has 7 nitrogen and oxygen atoms in total. The highest BCUT2D eigenvalue weighted by molar-refractivity contribution is 5.94. The van der Waals surface area contributed by atoms with Gasteiger partial charge in [-0.2, -0.15) is 0 Å². The lowest BCUT2D eigenvalue weighted by Crippen LogP contribution is -2.46. The average molecular weight is 441 g/mol. The first-order chi connectivity index (χ1) is 16.1. The molecule has 0 radical (unpaired) electrons. The molecule has 2 aliphatic rings. The maximum absolute atomic E-state index is 12.9. The van der Waals surface area contributed by atoms with Crippen LogP contribution in [0.4, 0.5) is 0 Å². The summed E-state index contributed by atoms with van der Waals surface area (Å²) >= 11 is 0. The molecular formula is C26H28N6O. The van der Waals surface area contributed by atoms with E-state index in [1.54, 1.807) is 18.6 Å². The molecule has 168 valence electrons. The molecule has 2 aromatic carbocycles. The zero-order valence-electron chi connectivity index (χ0n) is 18.8. The van der Waals surface area contributed by atoms with Gasteiger partial charge in [-0.05, 0) is 42.5 Å². The minimum Gasteiger partial charge on any atom is -0.370 e. The highest BCUT2D eigenvalue weighted by atomic mass is 16.2. The Bertz CT molecular complexity index is 1160. The fourth-order valence-corrected chi connectivity index (χ4v) is 5.10. The Balaban J connectivity index is 1.43. The maximum atomic E-state index is 12.9. The van der Waals surface area contributed by atoms with Crippen LogP contribution in [0.1, 0.15) is 28.8 Å². The number of likely N-dealkylation sites (N-methyl/N-ethyl adjacent to an activating group) is 1. The van der Waals surface area contributed by atoms with Gasteiger partial charge in [-0.3, -0.25) is 14.8 Å². The molecule has 7 heteroatoms. The van der Waals surface area contributed by atoms with Crippen LogP contribution in [0.3, 0.4) is 0 Å². The molecule has 3 aromatic rings. The van der Waals surface area contributed by atoms with Crippen LogP contribution in [0.15, 0.2) is 78.2 Å². The fourth-order valence-electron chi connectivity index (χ4n) is 5.10. The second-order valence-corrected chi connectivity index (χ2v) is 8.85. The third-order valence-electron chi connectivity index (χ3n) is 6.88. The van der Waals surface area contributed by atoms with Gasteiger partial charge in [-0.25, -0.2) is 4.99 Å². The molecule has 1 saturated heterocycles. The van der Waals surface area contributed by atoms with E-state index in [9.17, 15) is 4.79 Å². The lowest BCUT2D eigenvalue weighted by atomic mass is 9.73. The van der Waals surface area contributed by atoms with Gasteiger partial charge in [0.05, 0.1) is 18.4 Å². The Hall–Kier alpha value is -3.74. The summed E-state index contributed by atoms with van der Waals surface area (Å²) < 4.78 is 0. The van der Waals surface area contributed by atoms with E-state index in [0.29, 0.717) is 19.0 Å². The monoisotopic (exact) mass is 440 g/mol. The van der Waals surface area contributed by atoms with Gasteiger partial charge in [0.1, 0.15) is 5.54 Å². The molecule has 0 aliphatic carbocycles. The number of nitrogens with two attached hydrogens (primary N) is 1. The van der Waals surface area contributed by atoms with Crippen LogP contribution in [0, 0.1) is 5.92 Å². The molecule has 2 N–H and O–H groups in total. The van der Waals surface area contributed by atoms with Crippen LogP contribution in [0.5, 0.6) is 0 Å². The van der Waals surface area contributed by atoms with E-state index in [1.807, 2.05) is 53.2 Å². The summed E-state index contributed by atoms with van der Waals surface area (Å²) in [5.41, 5.74) is 9.56. The number of aliphatic imine (C=N–C) groups is 1. The van der Waals surface area contributed by atoms with Gasteiger partial charge in [-0.1, -0.05) is 36.4 Å². The van der Waals surface area contributed by atoms with Gasteiger partial charge in [0.15, 0.2) is 5.96 Å². The van der Waals surface area contributed by atoms with Gasteiger partial charge in [0.2, 0.25) is 0 Å². The highest BCUT2D eigenvalue weighted by Gasteiger charge is 2.47. The summed E-state index contributed by atoms with van der Waals surface area (Å²) in [4.78, 5) is 30.6. The molecular weight excluding hydrogens is 412 g/mol. The van der Waals surface area contributed by atoms with E-state index in [0.717, 1.165) is 41.8 Å². The number of piperidine rings is 1. The topological polar surface area (TPSA) is 87.7 Å². The fraction of sp³-hybridized carbons (Fsp3) is 0.308. The molecule has 0 spiro atoms. The van der Waals surface area contributed by atoms with Crippen LogP contribution in [0.2, 0.25) is 0 Å². The SMILES string of the molecule is CN1CC(c2cccc(-c3cnccn3)c2)(C2CCN(C(=O)c3ccccc3)CC2)N=C1N. The molecule has 3 heterocycles. The summed E-state index contributed by atoms with van der Waals surface area (Å²) in [5, 5.41) is 0. The first-order valence-electron chi connectivity index (χ1n) is 11.3. The summed E-state index contributed by atoms with van der Waals surface area (Å²) in [5.74, 6) is 0.930. The highest BCUT2D eigenvalue weighted by Crippen LogP contribution is 2.44. The van der Waals surface area contributed by atoms with E-state index in [-0.39, 0.29) is 11.8 Å². The van der Waals surface area contributed by atoms with Crippen LogP contribution < -0.4 is 5.73 Å². The molecule has 0 saturated carbocycles. The first kappa shape index (κ1) is 21.1. The van der Waals surface area contributed by atoms with Crippen molar-refractivity contribution in [2.24, 2.45) is 16.6 Å². The third-order valence-corrected chi connectivity index (χ3v) is 6.88. The van der Waals surface area contributed by atoms with Crippen molar-refractivity contribution in [1.82, 2.24) is 19.8 Å². The van der Waals surface area contributed by atoms with E-state index in [1.165, 1.54) is 0 Å². The van der Waals surface area contributed by atoms with Crippen LogP contribution in [-0.2, 0) is 5.54 Å². The number of benzene rings is 2. The van der Waals surface area contributed by atoms with Crippen LogP contribution >= 0.6 is 0 Å². The van der Waals surface area contributed by atoms with Crippen molar-refractivity contribution in [1.29, 1.82) is 0 Å². The van der Waals surface area contributed by atoms with Crippen molar-refractivity contribution in [2.45, 2.75) is 18.4 Å². The average Bonchev–Trinajstić information content (AvgIpc) is 3.20. The van der Waals surface area contributed by atoms with Gasteiger partial charge in [-0.15, -0.1) is 0 Å². The van der Waals surface area contributed by atoms with E-state index in [2.05, 4.69) is 28.2 Å². The van der Waals surface area contributed by atoms with E-state index in [4.69, 9.17) is 10.7 Å². The molecule has 1 unspecified atom stereocenters. The smallest absolute Gasteiger partial charge is 0.253 e. The van der Waals surface area contributed by atoms with Crippen molar-refractivity contribution in [3.8, 4) is 11.3 Å². The zero-order valence-corrected chi connectivity index (χ0v) is 18.8. The second-order valence-electron chi connectivity index (χ2n) is 8.85. The number of carbonyl (C=O) groups is 1. The molecule has 33 heavy (non-hydrogen) atoms. The molecule has 5 rings (SSSR count). The standard InChI is InChI=1S/C26H28N6O/c1-31-18-26(30-25(31)27,22-9-5-8-20(16-22)23-17-28-12-13-29-23)21-10-14-32(15-11-21)24(33)19-6-3-2-4-7-19/h2-9,12-13,16-17,21H,10-11,14-15,18H2,1H3,(H2,27,30). The number of rotatable bonds is 4. The summed E-state index contributed by atoms with van der Waals surface area (Å²) in [6.45, 7) is 2.15. The van der Waals surface area contributed by atoms with Crippen molar-refractivity contribution in [3.05, 3.63) is 84.3 Å². The predicted octanol–water partition coefficient (Wildman–Crippen LogP) is 3.15. The Morgan fingerprint density at radius 3 is 2.52 bits per heavy atom. The zero-order chi connectivity index (χ0) is 22.8. The summed E-state index contributed by atoms with van der Waals surface area (Å²) in [6.07, 6.45) is 6.90. The Kier molecular flexibility index (Phi) is 5.54. The number of guanidine groups is 1. The quantitative estimate of drug-likeness (QED) is 0.673. The van der Waals surface area contributed by atoms with Crippen LogP contribution in [0.25, 0.3) is 11.3 Å². The Morgan fingerprint density at radius 2 is 1.85 bits per heavy atom. The largest absolute Gasteiger partial charge is 0.370 e. The Morgan fingerprint density at radius 1 is 1.06 bits per heavy atom. The predicted molar refractivity (Wildman–Crippen MR) is 128 cm³/mol. The van der Waals surface area contributed by atoms with E-state index < -0.39 is 5.54 Å².